The minimum atomic E-state index is -0.428. The van der Waals surface area contributed by atoms with E-state index in [4.69, 9.17) is 4.74 Å². The monoisotopic (exact) mass is 294 g/mol. The van der Waals surface area contributed by atoms with Crippen molar-refractivity contribution in [1.29, 1.82) is 0 Å². The van der Waals surface area contributed by atoms with Crippen molar-refractivity contribution >= 4 is 5.97 Å². The summed E-state index contributed by atoms with van der Waals surface area (Å²) in [6.45, 7) is 2.08. The molecule has 0 atom stereocenters. The van der Waals surface area contributed by atoms with E-state index in [0.29, 0.717) is 23.8 Å². The number of rotatable bonds is 4. The molecule has 0 aliphatic rings. The summed E-state index contributed by atoms with van der Waals surface area (Å²) in [4.78, 5) is 20.3. The second-order valence-corrected chi connectivity index (χ2v) is 4.55. The van der Waals surface area contributed by atoms with Crippen molar-refractivity contribution in [1.82, 2.24) is 20.2 Å². The van der Waals surface area contributed by atoms with Gasteiger partial charge in [0, 0.05) is 23.5 Å². The van der Waals surface area contributed by atoms with Crippen LogP contribution in [0.1, 0.15) is 17.4 Å². The summed E-state index contributed by atoms with van der Waals surface area (Å²) in [5.41, 5.74) is 2.58. The van der Waals surface area contributed by atoms with Crippen molar-refractivity contribution in [3.63, 3.8) is 0 Å². The van der Waals surface area contributed by atoms with E-state index in [-0.39, 0.29) is 0 Å². The lowest BCUT2D eigenvalue weighted by Crippen LogP contribution is -2.04. The number of aromatic amines is 1. The largest absolute Gasteiger partial charge is 0.461 e. The van der Waals surface area contributed by atoms with Gasteiger partial charge in [-0.15, -0.1) is 0 Å². The molecule has 3 aromatic rings. The summed E-state index contributed by atoms with van der Waals surface area (Å²) in [5.74, 6) is 0.216. The zero-order valence-corrected chi connectivity index (χ0v) is 12.0. The Morgan fingerprint density at radius 2 is 1.86 bits per heavy atom. The van der Waals surface area contributed by atoms with E-state index in [0.717, 1.165) is 11.1 Å². The molecule has 0 radical (unpaired) electrons. The van der Waals surface area contributed by atoms with E-state index < -0.39 is 5.97 Å². The second kappa shape index (κ2) is 6.17. The van der Waals surface area contributed by atoms with E-state index in [1.807, 2.05) is 30.3 Å². The number of hydrogen-bond donors (Lipinski definition) is 1. The molecule has 0 aliphatic heterocycles. The molecule has 0 unspecified atom stereocenters. The van der Waals surface area contributed by atoms with Crippen LogP contribution in [0.4, 0.5) is 0 Å². The van der Waals surface area contributed by atoms with Gasteiger partial charge in [0.2, 0.25) is 0 Å². The van der Waals surface area contributed by atoms with Crippen LogP contribution < -0.4 is 0 Å². The molecule has 2 heterocycles. The smallest absolute Gasteiger partial charge is 0.356 e. The number of esters is 1. The minimum Gasteiger partial charge on any atom is -0.461 e. The van der Waals surface area contributed by atoms with Gasteiger partial charge in [-0.1, -0.05) is 30.3 Å². The van der Waals surface area contributed by atoms with Crippen LogP contribution in [0.25, 0.3) is 22.6 Å². The third-order valence-corrected chi connectivity index (χ3v) is 3.05. The first kappa shape index (κ1) is 13.9. The van der Waals surface area contributed by atoms with Crippen LogP contribution in [0, 0.1) is 0 Å². The van der Waals surface area contributed by atoms with Crippen LogP contribution in [-0.4, -0.2) is 32.7 Å². The first-order chi connectivity index (χ1) is 10.8. The van der Waals surface area contributed by atoms with Crippen LogP contribution in [0.15, 0.2) is 48.8 Å². The number of nitrogens with zero attached hydrogens (tertiary/aromatic N) is 3. The highest BCUT2D eigenvalue weighted by atomic mass is 16.5. The van der Waals surface area contributed by atoms with Gasteiger partial charge < -0.3 is 4.74 Å². The molecular formula is C16H14N4O2. The fraction of sp³-hybridized carbons (Fsp3) is 0.125. The SMILES string of the molecule is CCOC(=O)c1cc(-c2cnc(-c3ccccc3)nc2)n[nH]1. The highest BCUT2D eigenvalue weighted by molar-refractivity contribution is 5.88. The van der Waals surface area contributed by atoms with Crippen LogP contribution in [-0.2, 0) is 4.74 Å². The normalized spacial score (nSPS) is 10.4. The standard InChI is InChI=1S/C16H14N4O2/c1-2-22-16(21)14-8-13(19-20-14)12-9-17-15(18-10-12)11-6-4-3-5-7-11/h3-10H,2H2,1H3,(H,19,20). The van der Waals surface area contributed by atoms with Crippen molar-refractivity contribution in [3.05, 3.63) is 54.5 Å². The van der Waals surface area contributed by atoms with Gasteiger partial charge in [0.05, 0.1) is 12.3 Å². The molecule has 0 aliphatic carbocycles. The molecule has 1 N–H and O–H groups in total. The molecule has 0 spiro atoms. The van der Waals surface area contributed by atoms with Gasteiger partial charge in [-0.25, -0.2) is 14.8 Å². The first-order valence-electron chi connectivity index (χ1n) is 6.88. The molecule has 1 aromatic carbocycles. The van der Waals surface area contributed by atoms with Gasteiger partial charge in [0.1, 0.15) is 5.69 Å². The first-order valence-corrected chi connectivity index (χ1v) is 6.88. The number of benzene rings is 1. The van der Waals surface area contributed by atoms with Gasteiger partial charge >= 0.3 is 5.97 Å². The van der Waals surface area contributed by atoms with Crippen LogP contribution >= 0.6 is 0 Å². The maximum atomic E-state index is 11.6. The van der Waals surface area contributed by atoms with Crippen molar-refractivity contribution in [3.8, 4) is 22.6 Å². The number of ether oxygens (including phenoxy) is 1. The van der Waals surface area contributed by atoms with E-state index in [9.17, 15) is 4.79 Å². The van der Waals surface area contributed by atoms with E-state index in [1.54, 1.807) is 25.4 Å². The second-order valence-electron chi connectivity index (χ2n) is 4.55. The van der Waals surface area contributed by atoms with Crippen LogP contribution in [0.2, 0.25) is 0 Å². The van der Waals surface area contributed by atoms with Crippen LogP contribution in [0.5, 0.6) is 0 Å². The molecule has 0 bridgehead atoms. The summed E-state index contributed by atoms with van der Waals surface area (Å²) in [6.07, 6.45) is 3.36. The van der Waals surface area contributed by atoms with Crippen molar-refractivity contribution < 1.29 is 9.53 Å². The van der Waals surface area contributed by atoms with E-state index in [1.165, 1.54) is 0 Å². The minimum absolute atomic E-state index is 0.309. The number of carbonyl (C=O) groups excluding carboxylic acids is 1. The average molecular weight is 294 g/mol. The molecule has 0 saturated heterocycles. The number of H-pyrrole nitrogens is 1. The Balaban J connectivity index is 1.83. The number of aromatic nitrogens is 4. The number of hydrogen-bond acceptors (Lipinski definition) is 5. The molecule has 22 heavy (non-hydrogen) atoms. The third kappa shape index (κ3) is 2.85. The third-order valence-electron chi connectivity index (χ3n) is 3.05. The predicted molar refractivity (Wildman–Crippen MR) is 81.0 cm³/mol. The van der Waals surface area contributed by atoms with Gasteiger partial charge in [0.25, 0.3) is 0 Å². The summed E-state index contributed by atoms with van der Waals surface area (Å²) in [5, 5.41) is 6.74. The lowest BCUT2D eigenvalue weighted by Gasteiger charge is -2.00. The van der Waals surface area contributed by atoms with Gasteiger partial charge in [0.15, 0.2) is 5.82 Å². The van der Waals surface area contributed by atoms with E-state index in [2.05, 4.69) is 20.2 Å². The molecule has 0 fully saturated rings. The van der Waals surface area contributed by atoms with Crippen molar-refractivity contribution in [2.75, 3.05) is 6.61 Å². The van der Waals surface area contributed by atoms with Gasteiger partial charge in [-0.2, -0.15) is 5.10 Å². The maximum Gasteiger partial charge on any atom is 0.356 e. The van der Waals surface area contributed by atoms with Crippen LogP contribution in [0.3, 0.4) is 0 Å². The highest BCUT2D eigenvalue weighted by Gasteiger charge is 2.12. The highest BCUT2D eigenvalue weighted by Crippen LogP contribution is 2.19. The fourth-order valence-electron chi connectivity index (χ4n) is 1.98. The fourth-order valence-corrected chi connectivity index (χ4v) is 1.98. The predicted octanol–water partition coefficient (Wildman–Crippen LogP) is 2.71. The molecule has 0 saturated carbocycles. The summed E-state index contributed by atoms with van der Waals surface area (Å²) < 4.78 is 4.91. The lowest BCUT2D eigenvalue weighted by atomic mass is 10.2. The summed E-state index contributed by atoms with van der Waals surface area (Å²) in [6, 6.07) is 11.3. The van der Waals surface area contributed by atoms with Crippen molar-refractivity contribution in [2.24, 2.45) is 0 Å². The molecule has 2 aromatic heterocycles. The molecule has 6 nitrogen and oxygen atoms in total. The topological polar surface area (TPSA) is 80.8 Å². The maximum absolute atomic E-state index is 11.6. The average Bonchev–Trinajstić information content (AvgIpc) is 3.06. The van der Waals surface area contributed by atoms with Crippen molar-refractivity contribution in [2.45, 2.75) is 6.92 Å². The summed E-state index contributed by atoms with van der Waals surface area (Å²) in [7, 11) is 0. The van der Waals surface area contributed by atoms with E-state index >= 15 is 0 Å². The molecule has 6 heteroatoms. The Morgan fingerprint density at radius 1 is 1.14 bits per heavy atom. The molecule has 3 rings (SSSR count). The lowest BCUT2D eigenvalue weighted by molar-refractivity contribution is 0.0519. The molecule has 0 amide bonds. The zero-order chi connectivity index (χ0) is 15.4. The molecule has 110 valence electrons. The van der Waals surface area contributed by atoms with Gasteiger partial charge in [-0.3, -0.25) is 5.10 Å². The Labute approximate surface area is 127 Å². The zero-order valence-electron chi connectivity index (χ0n) is 12.0. The Morgan fingerprint density at radius 3 is 2.55 bits per heavy atom. The number of nitrogens with one attached hydrogen (secondary N) is 1. The quantitative estimate of drug-likeness (QED) is 0.748. The Bertz CT molecular complexity index is 766. The van der Waals surface area contributed by atoms with Gasteiger partial charge in [-0.05, 0) is 13.0 Å². The Kier molecular flexibility index (Phi) is 3.91. The summed E-state index contributed by atoms with van der Waals surface area (Å²) >= 11 is 0. The number of carbonyl (C=O) groups is 1. The Hall–Kier alpha value is -3.02. The molecular weight excluding hydrogens is 280 g/mol.